The predicted octanol–water partition coefficient (Wildman–Crippen LogP) is 4.53. The monoisotopic (exact) mass is 523 g/mol. The molecule has 11 heteroatoms. The molecule has 3 aromatic carbocycles. The summed E-state index contributed by atoms with van der Waals surface area (Å²) < 4.78 is 15.0. The topological polar surface area (TPSA) is 135 Å². The van der Waals surface area contributed by atoms with E-state index in [-0.39, 0.29) is 45.0 Å². The van der Waals surface area contributed by atoms with Gasteiger partial charge in [-0.3, -0.25) is 4.79 Å². The minimum absolute atomic E-state index is 0.0156. The van der Waals surface area contributed by atoms with Gasteiger partial charge in [0.05, 0.1) is 29.8 Å². The van der Waals surface area contributed by atoms with Crippen molar-refractivity contribution in [2.24, 2.45) is 0 Å². The van der Waals surface area contributed by atoms with E-state index in [9.17, 15) is 19.8 Å². The predicted molar refractivity (Wildman–Crippen MR) is 130 cm³/mol. The molecule has 0 radical (unpaired) electrons. The Kier molecular flexibility index (Phi) is 9.86. The summed E-state index contributed by atoms with van der Waals surface area (Å²) in [6.07, 6.45) is 0. The second-order valence-electron chi connectivity index (χ2n) is 6.83. The number of benzene rings is 3. The lowest BCUT2D eigenvalue weighted by atomic mass is 10.1. The Balaban J connectivity index is 0.000000283. The van der Waals surface area contributed by atoms with Gasteiger partial charge >= 0.3 is 5.97 Å². The highest BCUT2D eigenvalue weighted by Gasteiger charge is 2.15. The van der Waals surface area contributed by atoms with Crippen molar-refractivity contribution in [3.05, 3.63) is 75.3 Å². The van der Waals surface area contributed by atoms with Crippen LogP contribution in [-0.4, -0.2) is 48.5 Å². The van der Waals surface area contributed by atoms with Crippen LogP contribution < -0.4 is 14.8 Å². The van der Waals surface area contributed by atoms with E-state index in [2.05, 4.69) is 10.1 Å². The molecule has 0 unspecified atom stereocenters. The molecule has 9 nitrogen and oxygen atoms in total. The van der Waals surface area contributed by atoms with Crippen LogP contribution in [0.25, 0.3) is 0 Å². The Morgan fingerprint density at radius 2 is 1.46 bits per heavy atom. The maximum Gasteiger partial charge on any atom is 0.341 e. The Hall–Kier alpha value is -3.82. The van der Waals surface area contributed by atoms with Crippen molar-refractivity contribution in [3.8, 4) is 28.7 Å². The standard InChI is InChI=1S/C16H16ClNO4.C8H7ClO4/c1-18-16(20)12-7-13(17)15(8-14(12)19)22-9-10-3-5-11(21-2)6-4-10;1-13-8(12)4-2-5(9)7(11)3-6(4)10/h3-8,19H,9H2,1-2H3,(H,18,20);2-3,10-11H,1H3. The first-order chi connectivity index (χ1) is 16.6. The molecule has 0 saturated carbocycles. The summed E-state index contributed by atoms with van der Waals surface area (Å²) in [6, 6.07) is 12.2. The van der Waals surface area contributed by atoms with Crippen LogP contribution in [0.15, 0.2) is 48.5 Å². The molecule has 0 spiro atoms. The maximum absolute atomic E-state index is 11.6. The van der Waals surface area contributed by atoms with E-state index >= 15 is 0 Å². The van der Waals surface area contributed by atoms with Crippen molar-refractivity contribution in [2.75, 3.05) is 21.3 Å². The Morgan fingerprint density at radius 1 is 0.857 bits per heavy atom. The molecule has 4 N–H and O–H groups in total. The number of hydrogen-bond acceptors (Lipinski definition) is 8. The van der Waals surface area contributed by atoms with Crippen LogP contribution in [0.1, 0.15) is 26.3 Å². The van der Waals surface area contributed by atoms with E-state index in [1.54, 1.807) is 7.11 Å². The van der Waals surface area contributed by atoms with Crippen LogP contribution in [0, 0.1) is 0 Å². The number of methoxy groups -OCH3 is 2. The molecule has 0 heterocycles. The minimum Gasteiger partial charge on any atom is -0.507 e. The molecule has 3 aromatic rings. The van der Waals surface area contributed by atoms with Crippen molar-refractivity contribution in [2.45, 2.75) is 6.61 Å². The van der Waals surface area contributed by atoms with Crippen molar-refractivity contribution in [3.63, 3.8) is 0 Å². The highest BCUT2D eigenvalue weighted by atomic mass is 35.5. The molecule has 0 aliphatic heterocycles. The second kappa shape index (κ2) is 12.6. The third-order valence-electron chi connectivity index (χ3n) is 4.55. The van der Waals surface area contributed by atoms with Crippen LogP contribution in [0.2, 0.25) is 10.0 Å². The van der Waals surface area contributed by atoms with Gasteiger partial charge in [-0.25, -0.2) is 4.79 Å². The molecule has 0 bridgehead atoms. The summed E-state index contributed by atoms with van der Waals surface area (Å²) in [5.41, 5.74) is 0.946. The van der Waals surface area contributed by atoms with Crippen LogP contribution in [-0.2, 0) is 11.3 Å². The number of nitrogens with one attached hydrogen (secondary N) is 1. The van der Waals surface area contributed by atoms with Crippen molar-refractivity contribution >= 4 is 35.1 Å². The van der Waals surface area contributed by atoms with Gasteiger partial charge in [0.2, 0.25) is 0 Å². The number of phenolic OH excluding ortho intramolecular Hbond substituents is 3. The SMILES string of the molecule is CNC(=O)c1cc(Cl)c(OCc2ccc(OC)cc2)cc1O.COC(=O)c1cc(Cl)c(O)cc1O. The van der Waals surface area contributed by atoms with Crippen molar-refractivity contribution < 1.29 is 39.1 Å². The third-order valence-corrected chi connectivity index (χ3v) is 5.14. The van der Waals surface area contributed by atoms with Gasteiger partial charge in [-0.15, -0.1) is 0 Å². The Morgan fingerprint density at radius 3 is 2.03 bits per heavy atom. The van der Waals surface area contributed by atoms with Gasteiger partial charge in [0.1, 0.15) is 40.9 Å². The lowest BCUT2D eigenvalue weighted by molar-refractivity contribution is 0.0597. The summed E-state index contributed by atoms with van der Waals surface area (Å²) in [6.45, 7) is 0.280. The normalized spacial score (nSPS) is 9.97. The summed E-state index contributed by atoms with van der Waals surface area (Å²) in [4.78, 5) is 22.5. The van der Waals surface area contributed by atoms with Gasteiger partial charge in [-0.1, -0.05) is 35.3 Å². The number of hydrogen-bond donors (Lipinski definition) is 4. The van der Waals surface area contributed by atoms with Gasteiger partial charge < -0.3 is 34.8 Å². The van der Waals surface area contributed by atoms with Gasteiger partial charge in [-0.05, 0) is 29.8 Å². The average Bonchev–Trinajstić information content (AvgIpc) is 2.86. The zero-order valence-electron chi connectivity index (χ0n) is 19.0. The second-order valence-corrected chi connectivity index (χ2v) is 7.64. The zero-order valence-corrected chi connectivity index (χ0v) is 20.5. The average molecular weight is 524 g/mol. The molecule has 186 valence electrons. The van der Waals surface area contributed by atoms with Gasteiger partial charge in [0, 0.05) is 19.2 Å². The molecule has 0 fully saturated rings. The van der Waals surface area contributed by atoms with Gasteiger partial charge in [0.25, 0.3) is 5.91 Å². The van der Waals surface area contributed by atoms with E-state index in [0.29, 0.717) is 5.75 Å². The first-order valence-electron chi connectivity index (χ1n) is 9.91. The number of esters is 1. The smallest absolute Gasteiger partial charge is 0.341 e. The summed E-state index contributed by atoms with van der Waals surface area (Å²) in [5, 5.41) is 30.8. The highest BCUT2D eigenvalue weighted by Crippen LogP contribution is 2.33. The van der Waals surface area contributed by atoms with Gasteiger partial charge in [0.15, 0.2) is 0 Å². The fourth-order valence-electron chi connectivity index (χ4n) is 2.68. The molecule has 3 rings (SSSR count). The lowest BCUT2D eigenvalue weighted by Gasteiger charge is -2.11. The first-order valence-corrected chi connectivity index (χ1v) is 10.7. The van der Waals surface area contributed by atoms with Gasteiger partial charge in [-0.2, -0.15) is 0 Å². The quantitative estimate of drug-likeness (QED) is 0.346. The fraction of sp³-hybridized carbons (Fsp3) is 0.167. The Labute approximate surface area is 211 Å². The molecule has 35 heavy (non-hydrogen) atoms. The van der Waals surface area contributed by atoms with E-state index in [0.717, 1.165) is 23.4 Å². The molecule has 0 atom stereocenters. The number of halogens is 2. The van der Waals surface area contributed by atoms with E-state index in [1.165, 1.54) is 26.3 Å². The molecule has 0 aliphatic carbocycles. The number of aromatic hydroxyl groups is 3. The zero-order chi connectivity index (χ0) is 26.1. The first kappa shape index (κ1) is 27.4. The lowest BCUT2D eigenvalue weighted by Crippen LogP contribution is -2.17. The number of rotatable bonds is 6. The van der Waals surface area contributed by atoms with Crippen LogP contribution >= 0.6 is 23.2 Å². The number of carbonyl (C=O) groups is 2. The van der Waals surface area contributed by atoms with Crippen molar-refractivity contribution in [1.29, 1.82) is 0 Å². The fourth-order valence-corrected chi connectivity index (χ4v) is 3.06. The third kappa shape index (κ3) is 7.33. The molecule has 1 amide bonds. The van der Waals surface area contributed by atoms with Crippen LogP contribution in [0.5, 0.6) is 28.7 Å². The number of amides is 1. The van der Waals surface area contributed by atoms with Crippen molar-refractivity contribution in [1.82, 2.24) is 5.32 Å². The maximum atomic E-state index is 11.6. The molecule has 0 saturated heterocycles. The minimum atomic E-state index is -0.709. The largest absolute Gasteiger partial charge is 0.507 e. The number of carbonyl (C=O) groups excluding carboxylic acids is 2. The molecule has 0 aliphatic rings. The highest BCUT2D eigenvalue weighted by molar-refractivity contribution is 6.32. The Bertz CT molecular complexity index is 1200. The number of phenols is 3. The molecular weight excluding hydrogens is 501 g/mol. The van der Waals surface area contributed by atoms with E-state index in [1.807, 2.05) is 24.3 Å². The van der Waals surface area contributed by atoms with Crippen LogP contribution in [0.4, 0.5) is 0 Å². The van der Waals surface area contributed by atoms with Crippen LogP contribution in [0.3, 0.4) is 0 Å². The van der Waals surface area contributed by atoms with E-state index in [4.69, 9.17) is 37.8 Å². The number of ether oxygens (including phenoxy) is 3. The summed E-state index contributed by atoms with van der Waals surface area (Å²) >= 11 is 11.6. The molecular formula is C24H23Cl2NO8. The summed E-state index contributed by atoms with van der Waals surface area (Å²) in [5.74, 6) is -0.897. The molecule has 0 aromatic heterocycles. The summed E-state index contributed by atoms with van der Waals surface area (Å²) in [7, 11) is 4.26. The van der Waals surface area contributed by atoms with E-state index < -0.39 is 11.9 Å².